The zero-order valence-electron chi connectivity index (χ0n) is 21.8. The SMILES string of the molecule is CC(C)CC(N)C(=O)NC(CO)C(=O)NC(Cc1cnc[nH]1)C(=O)NC(Cc1c[nH]c2ccccc12)C(=O)O. The molecule has 210 valence electrons. The molecule has 13 heteroatoms. The van der Waals surface area contributed by atoms with Gasteiger partial charge in [0.05, 0.1) is 19.0 Å². The van der Waals surface area contributed by atoms with Gasteiger partial charge >= 0.3 is 5.97 Å². The van der Waals surface area contributed by atoms with E-state index in [-0.39, 0.29) is 18.8 Å². The lowest BCUT2D eigenvalue weighted by atomic mass is 10.0. The minimum absolute atomic E-state index is 0.00112. The summed E-state index contributed by atoms with van der Waals surface area (Å²) in [6.07, 6.45) is 4.88. The van der Waals surface area contributed by atoms with Crippen molar-refractivity contribution in [1.82, 2.24) is 30.9 Å². The normalized spacial score (nSPS) is 14.4. The predicted molar refractivity (Wildman–Crippen MR) is 142 cm³/mol. The average molecular weight is 542 g/mol. The van der Waals surface area contributed by atoms with Crippen molar-refractivity contribution in [2.45, 2.75) is 57.3 Å². The van der Waals surface area contributed by atoms with Crippen LogP contribution >= 0.6 is 0 Å². The van der Waals surface area contributed by atoms with Gasteiger partial charge in [-0.1, -0.05) is 32.0 Å². The minimum Gasteiger partial charge on any atom is -0.480 e. The summed E-state index contributed by atoms with van der Waals surface area (Å²) in [5.74, 6) is -3.31. The van der Waals surface area contributed by atoms with Crippen molar-refractivity contribution in [2.75, 3.05) is 6.61 Å². The first-order chi connectivity index (χ1) is 18.6. The van der Waals surface area contributed by atoms with Crippen LogP contribution in [0.15, 0.2) is 43.0 Å². The molecule has 3 aromatic rings. The summed E-state index contributed by atoms with van der Waals surface area (Å²) in [4.78, 5) is 60.5. The Bertz CT molecular complexity index is 1270. The van der Waals surface area contributed by atoms with Gasteiger partial charge in [0.1, 0.15) is 18.1 Å². The maximum Gasteiger partial charge on any atom is 0.326 e. The molecule has 4 atom stereocenters. The van der Waals surface area contributed by atoms with Gasteiger partial charge in [-0.25, -0.2) is 9.78 Å². The first kappa shape index (κ1) is 29.3. The maximum atomic E-state index is 13.3. The van der Waals surface area contributed by atoms with Crippen LogP contribution in [0.1, 0.15) is 31.5 Å². The molecule has 0 fully saturated rings. The molecule has 2 aromatic heterocycles. The number of para-hydroxylation sites is 1. The Labute approximate surface area is 225 Å². The van der Waals surface area contributed by atoms with E-state index in [0.717, 1.165) is 10.9 Å². The molecule has 0 aliphatic rings. The summed E-state index contributed by atoms with van der Waals surface area (Å²) in [5, 5.41) is 27.8. The van der Waals surface area contributed by atoms with E-state index in [4.69, 9.17) is 5.73 Å². The first-order valence-electron chi connectivity index (χ1n) is 12.6. The molecular formula is C26H35N7O6. The summed E-state index contributed by atoms with van der Waals surface area (Å²) in [5.41, 5.74) is 7.91. The van der Waals surface area contributed by atoms with Gasteiger partial charge < -0.3 is 41.9 Å². The number of carbonyl (C=O) groups excluding carboxylic acids is 3. The molecule has 0 saturated heterocycles. The van der Waals surface area contributed by atoms with E-state index in [0.29, 0.717) is 17.7 Å². The highest BCUT2D eigenvalue weighted by Crippen LogP contribution is 2.19. The van der Waals surface area contributed by atoms with Gasteiger partial charge in [0.2, 0.25) is 17.7 Å². The van der Waals surface area contributed by atoms with Crippen LogP contribution in [0.3, 0.4) is 0 Å². The van der Waals surface area contributed by atoms with Gasteiger partial charge in [0.15, 0.2) is 0 Å². The number of hydrogen-bond acceptors (Lipinski definition) is 7. The van der Waals surface area contributed by atoms with Crippen molar-refractivity contribution < 1.29 is 29.4 Å². The molecule has 2 heterocycles. The molecule has 0 radical (unpaired) electrons. The highest BCUT2D eigenvalue weighted by molar-refractivity contribution is 5.94. The fourth-order valence-electron chi connectivity index (χ4n) is 4.18. The number of aliphatic carboxylic acids is 1. The zero-order chi connectivity index (χ0) is 28.5. The van der Waals surface area contributed by atoms with Crippen LogP contribution < -0.4 is 21.7 Å². The van der Waals surface area contributed by atoms with Crippen molar-refractivity contribution >= 4 is 34.6 Å². The van der Waals surface area contributed by atoms with E-state index in [2.05, 4.69) is 30.9 Å². The van der Waals surface area contributed by atoms with E-state index in [9.17, 15) is 29.4 Å². The van der Waals surface area contributed by atoms with Crippen molar-refractivity contribution in [3.05, 3.63) is 54.2 Å². The third-order valence-corrected chi connectivity index (χ3v) is 6.20. The van der Waals surface area contributed by atoms with Crippen molar-refractivity contribution in [1.29, 1.82) is 0 Å². The number of benzene rings is 1. The zero-order valence-corrected chi connectivity index (χ0v) is 21.8. The molecule has 0 aliphatic heterocycles. The van der Waals surface area contributed by atoms with Crippen molar-refractivity contribution in [2.24, 2.45) is 11.7 Å². The van der Waals surface area contributed by atoms with Crippen molar-refractivity contribution in [3.63, 3.8) is 0 Å². The molecule has 13 nitrogen and oxygen atoms in total. The number of nitrogens with two attached hydrogens (primary N) is 1. The van der Waals surface area contributed by atoms with E-state index in [1.54, 1.807) is 6.20 Å². The third-order valence-electron chi connectivity index (χ3n) is 6.20. The summed E-state index contributed by atoms with van der Waals surface area (Å²) in [6.45, 7) is 3.05. The fourth-order valence-corrected chi connectivity index (χ4v) is 4.18. The van der Waals surface area contributed by atoms with Gasteiger partial charge in [0.25, 0.3) is 0 Å². The van der Waals surface area contributed by atoms with Crippen LogP contribution in [0.2, 0.25) is 0 Å². The number of amides is 3. The molecule has 0 bridgehead atoms. The van der Waals surface area contributed by atoms with Gasteiger partial charge in [0, 0.05) is 41.8 Å². The van der Waals surface area contributed by atoms with Gasteiger partial charge in [-0.3, -0.25) is 14.4 Å². The number of aromatic amines is 2. The number of hydrogen-bond donors (Lipinski definition) is 8. The second-order valence-electron chi connectivity index (χ2n) is 9.78. The van der Waals surface area contributed by atoms with Crippen LogP contribution in [0.5, 0.6) is 0 Å². The number of rotatable bonds is 14. The lowest BCUT2D eigenvalue weighted by Gasteiger charge is -2.24. The number of nitrogens with one attached hydrogen (secondary N) is 5. The Hall–Kier alpha value is -4.23. The molecule has 9 N–H and O–H groups in total. The Morgan fingerprint density at radius 2 is 1.62 bits per heavy atom. The average Bonchev–Trinajstić information content (AvgIpc) is 3.55. The molecular weight excluding hydrogens is 506 g/mol. The molecule has 3 rings (SSSR count). The molecule has 3 amide bonds. The Kier molecular flexibility index (Phi) is 10.2. The maximum absolute atomic E-state index is 13.3. The number of fused-ring (bicyclic) bond motifs is 1. The number of carboxylic acid groups (broad SMARTS) is 1. The van der Waals surface area contributed by atoms with Crippen LogP contribution in [0.4, 0.5) is 0 Å². The molecule has 0 saturated carbocycles. The largest absolute Gasteiger partial charge is 0.480 e. The molecule has 1 aromatic carbocycles. The summed E-state index contributed by atoms with van der Waals surface area (Å²) in [6, 6.07) is 2.61. The number of nitrogens with zero attached hydrogens (tertiary/aromatic N) is 1. The number of H-pyrrole nitrogens is 2. The van der Waals surface area contributed by atoms with Crippen LogP contribution in [-0.4, -0.2) is 79.6 Å². The van der Waals surface area contributed by atoms with Gasteiger partial charge in [-0.2, -0.15) is 0 Å². The molecule has 0 aliphatic carbocycles. The Morgan fingerprint density at radius 1 is 0.949 bits per heavy atom. The quantitative estimate of drug-likeness (QED) is 0.134. The van der Waals surface area contributed by atoms with Crippen LogP contribution in [0, 0.1) is 5.92 Å². The minimum atomic E-state index is -1.37. The van der Waals surface area contributed by atoms with Crippen LogP contribution in [-0.2, 0) is 32.0 Å². The first-order valence-corrected chi connectivity index (χ1v) is 12.6. The second-order valence-corrected chi connectivity index (χ2v) is 9.78. The lowest BCUT2D eigenvalue weighted by Crippen LogP contribution is -2.58. The highest BCUT2D eigenvalue weighted by atomic mass is 16.4. The summed E-state index contributed by atoms with van der Waals surface area (Å²) in [7, 11) is 0. The number of aliphatic hydroxyl groups is 1. The summed E-state index contributed by atoms with van der Waals surface area (Å²) < 4.78 is 0. The highest BCUT2D eigenvalue weighted by Gasteiger charge is 2.31. The van der Waals surface area contributed by atoms with E-state index < -0.39 is 54.5 Å². The van der Waals surface area contributed by atoms with E-state index in [1.807, 2.05) is 38.1 Å². The number of aromatic nitrogens is 3. The summed E-state index contributed by atoms with van der Waals surface area (Å²) >= 11 is 0. The van der Waals surface area contributed by atoms with Gasteiger partial charge in [-0.15, -0.1) is 0 Å². The standard InChI is InChI=1S/C26H35N7O6/c1-14(2)7-18(27)23(35)33-22(12-34)25(37)31-20(9-16-11-28-13-30-16)24(36)32-21(26(38)39)8-15-10-29-19-6-4-3-5-17(15)19/h3-6,10-11,13-14,18,20-22,29,34H,7-9,12,27H2,1-2H3,(H,28,30)(H,31,37)(H,32,36)(H,33,35)(H,38,39). The number of imidazole rings is 1. The Balaban J connectivity index is 1.74. The monoisotopic (exact) mass is 541 g/mol. The molecule has 4 unspecified atom stereocenters. The van der Waals surface area contributed by atoms with Gasteiger partial charge in [-0.05, 0) is 24.0 Å². The number of carbonyl (C=O) groups is 4. The molecule has 0 spiro atoms. The predicted octanol–water partition coefficient (Wildman–Crippen LogP) is -0.419. The Morgan fingerprint density at radius 3 is 2.26 bits per heavy atom. The third kappa shape index (κ3) is 8.12. The number of aliphatic hydroxyl groups excluding tert-OH is 1. The van der Waals surface area contributed by atoms with Crippen molar-refractivity contribution in [3.8, 4) is 0 Å². The smallest absolute Gasteiger partial charge is 0.326 e. The second kappa shape index (κ2) is 13.5. The van der Waals surface area contributed by atoms with E-state index >= 15 is 0 Å². The molecule has 39 heavy (non-hydrogen) atoms. The van der Waals surface area contributed by atoms with Crippen LogP contribution in [0.25, 0.3) is 10.9 Å². The number of carboxylic acids is 1. The topological polar surface area (TPSA) is 215 Å². The van der Waals surface area contributed by atoms with E-state index in [1.165, 1.54) is 12.5 Å². The lowest BCUT2D eigenvalue weighted by molar-refractivity contribution is -0.142. The fraction of sp³-hybridized carbons (Fsp3) is 0.423.